The third-order valence-corrected chi connectivity index (χ3v) is 2.61. The minimum absolute atomic E-state index is 0.389. The van der Waals surface area contributed by atoms with Crippen LogP contribution in [0.1, 0.15) is 16.8 Å². The fourth-order valence-corrected chi connectivity index (χ4v) is 1.54. The number of rotatable bonds is 3. The lowest BCUT2D eigenvalue weighted by molar-refractivity contribution is 0.297. The van der Waals surface area contributed by atoms with Gasteiger partial charge in [-0.1, -0.05) is 23.7 Å². The van der Waals surface area contributed by atoms with Crippen molar-refractivity contribution in [2.24, 2.45) is 0 Å². The van der Waals surface area contributed by atoms with E-state index in [9.17, 15) is 0 Å². The van der Waals surface area contributed by atoms with Gasteiger partial charge in [-0.05, 0) is 43.2 Å². The molecule has 2 rings (SSSR count). The van der Waals surface area contributed by atoms with E-state index < -0.39 is 0 Å². The van der Waals surface area contributed by atoms with Crippen LogP contribution >= 0.6 is 11.6 Å². The zero-order valence-electron chi connectivity index (χ0n) is 9.77. The third-order valence-electron chi connectivity index (χ3n) is 2.41. The molecule has 1 aromatic carbocycles. The smallest absolute Gasteiger partial charge is 0.151 e. The summed E-state index contributed by atoms with van der Waals surface area (Å²) in [7, 11) is 0. The van der Waals surface area contributed by atoms with Gasteiger partial charge in [-0.15, -0.1) is 5.10 Å². The van der Waals surface area contributed by atoms with Crippen molar-refractivity contribution in [3.8, 4) is 5.75 Å². The Bertz CT molecular complexity index is 511. The molecule has 4 heteroatoms. The number of nitrogens with zero attached hydrogens (tertiary/aromatic N) is 2. The van der Waals surface area contributed by atoms with Gasteiger partial charge in [0, 0.05) is 0 Å². The van der Waals surface area contributed by atoms with E-state index in [4.69, 9.17) is 16.3 Å². The number of ether oxygens (including phenoxy) is 1. The first kappa shape index (κ1) is 11.9. The first-order valence-corrected chi connectivity index (χ1v) is 5.71. The first-order valence-electron chi connectivity index (χ1n) is 5.33. The maximum Gasteiger partial charge on any atom is 0.151 e. The van der Waals surface area contributed by atoms with E-state index in [2.05, 4.69) is 16.3 Å². The standard InChI is InChI=1S/C13H13ClN2O/c1-9-3-4-10(2)12(7-9)17-8-11-5-6-13(14)16-15-11/h3-7H,8H2,1-2H3. The Hall–Kier alpha value is -1.61. The minimum Gasteiger partial charge on any atom is -0.487 e. The van der Waals surface area contributed by atoms with E-state index in [-0.39, 0.29) is 0 Å². The SMILES string of the molecule is Cc1ccc(C)c(OCc2ccc(Cl)nn2)c1. The lowest BCUT2D eigenvalue weighted by atomic mass is 10.1. The third kappa shape index (κ3) is 3.17. The number of aryl methyl sites for hydroxylation is 2. The molecule has 0 bridgehead atoms. The molecule has 0 aliphatic heterocycles. The van der Waals surface area contributed by atoms with Crippen molar-refractivity contribution >= 4 is 11.6 Å². The topological polar surface area (TPSA) is 35.0 Å². The van der Waals surface area contributed by atoms with E-state index in [0.29, 0.717) is 11.8 Å². The number of hydrogen-bond acceptors (Lipinski definition) is 3. The maximum absolute atomic E-state index is 5.70. The summed E-state index contributed by atoms with van der Waals surface area (Å²) in [6, 6.07) is 9.62. The number of halogens is 1. The molecule has 0 aliphatic rings. The summed E-state index contributed by atoms with van der Waals surface area (Å²) in [4.78, 5) is 0. The fraction of sp³-hybridized carbons (Fsp3) is 0.231. The Labute approximate surface area is 105 Å². The number of benzene rings is 1. The van der Waals surface area contributed by atoms with E-state index in [1.54, 1.807) is 12.1 Å². The van der Waals surface area contributed by atoms with Gasteiger partial charge in [-0.2, -0.15) is 5.10 Å². The lowest BCUT2D eigenvalue weighted by Crippen LogP contribution is -2.00. The van der Waals surface area contributed by atoms with E-state index >= 15 is 0 Å². The summed E-state index contributed by atoms with van der Waals surface area (Å²) in [5.74, 6) is 0.877. The van der Waals surface area contributed by atoms with Crippen molar-refractivity contribution < 1.29 is 4.74 Å². The molecular formula is C13H13ClN2O. The largest absolute Gasteiger partial charge is 0.487 e. The Kier molecular flexibility index (Phi) is 3.59. The van der Waals surface area contributed by atoms with Crippen LogP contribution in [0.3, 0.4) is 0 Å². The Morgan fingerprint density at radius 2 is 1.94 bits per heavy atom. The van der Waals surface area contributed by atoms with Gasteiger partial charge in [0.2, 0.25) is 0 Å². The average molecular weight is 249 g/mol. The number of hydrogen-bond donors (Lipinski definition) is 0. The summed E-state index contributed by atoms with van der Waals surface area (Å²) in [5, 5.41) is 8.09. The van der Waals surface area contributed by atoms with Crippen molar-refractivity contribution in [3.05, 3.63) is 52.3 Å². The van der Waals surface area contributed by atoms with Crippen LogP contribution in [0.2, 0.25) is 5.15 Å². The van der Waals surface area contributed by atoms with Crippen LogP contribution in [0.5, 0.6) is 5.75 Å². The zero-order chi connectivity index (χ0) is 12.3. The normalized spacial score (nSPS) is 10.3. The van der Waals surface area contributed by atoms with Crippen molar-refractivity contribution in [2.45, 2.75) is 20.5 Å². The van der Waals surface area contributed by atoms with Gasteiger partial charge >= 0.3 is 0 Å². The van der Waals surface area contributed by atoms with E-state index in [1.165, 1.54) is 5.56 Å². The first-order chi connectivity index (χ1) is 8.15. The van der Waals surface area contributed by atoms with Crippen molar-refractivity contribution in [2.75, 3.05) is 0 Å². The molecule has 17 heavy (non-hydrogen) atoms. The van der Waals surface area contributed by atoms with Crippen LogP contribution in [0.4, 0.5) is 0 Å². The summed E-state index contributed by atoms with van der Waals surface area (Å²) in [5.41, 5.74) is 3.04. The summed E-state index contributed by atoms with van der Waals surface area (Å²) in [6.45, 7) is 4.45. The molecule has 0 radical (unpaired) electrons. The van der Waals surface area contributed by atoms with Crippen LogP contribution in [0, 0.1) is 13.8 Å². The van der Waals surface area contributed by atoms with Crippen LogP contribution < -0.4 is 4.74 Å². The summed E-state index contributed by atoms with van der Waals surface area (Å²) in [6.07, 6.45) is 0. The summed E-state index contributed by atoms with van der Waals surface area (Å²) < 4.78 is 5.70. The monoisotopic (exact) mass is 248 g/mol. The predicted octanol–water partition coefficient (Wildman–Crippen LogP) is 3.33. The number of aromatic nitrogens is 2. The molecule has 0 unspecified atom stereocenters. The molecule has 0 spiro atoms. The molecule has 0 saturated carbocycles. The highest BCUT2D eigenvalue weighted by atomic mass is 35.5. The quantitative estimate of drug-likeness (QED) is 0.836. The molecular weight excluding hydrogens is 236 g/mol. The highest BCUT2D eigenvalue weighted by molar-refractivity contribution is 6.29. The molecule has 0 fully saturated rings. The molecule has 88 valence electrons. The highest BCUT2D eigenvalue weighted by Crippen LogP contribution is 2.20. The molecule has 0 aliphatic carbocycles. The maximum atomic E-state index is 5.70. The second-order valence-electron chi connectivity index (χ2n) is 3.91. The molecule has 0 atom stereocenters. The minimum atomic E-state index is 0.389. The van der Waals surface area contributed by atoms with E-state index in [1.807, 2.05) is 26.0 Å². The van der Waals surface area contributed by atoms with Crippen LogP contribution in [-0.2, 0) is 6.61 Å². The van der Waals surface area contributed by atoms with Crippen molar-refractivity contribution in [1.82, 2.24) is 10.2 Å². The Morgan fingerprint density at radius 3 is 2.65 bits per heavy atom. The fourth-order valence-electron chi connectivity index (χ4n) is 1.44. The summed E-state index contributed by atoms with van der Waals surface area (Å²) >= 11 is 5.66. The molecule has 0 amide bonds. The molecule has 1 aromatic heterocycles. The van der Waals surface area contributed by atoms with Gasteiger partial charge in [0.15, 0.2) is 5.15 Å². The highest BCUT2D eigenvalue weighted by Gasteiger charge is 2.02. The predicted molar refractivity (Wildman–Crippen MR) is 67.3 cm³/mol. The Morgan fingerprint density at radius 1 is 1.12 bits per heavy atom. The van der Waals surface area contributed by atoms with Crippen LogP contribution in [0.15, 0.2) is 30.3 Å². The Balaban J connectivity index is 2.07. The second-order valence-corrected chi connectivity index (χ2v) is 4.29. The molecule has 0 saturated heterocycles. The van der Waals surface area contributed by atoms with Gasteiger partial charge in [-0.25, -0.2) is 0 Å². The van der Waals surface area contributed by atoms with Gasteiger partial charge in [0.25, 0.3) is 0 Å². The van der Waals surface area contributed by atoms with Gasteiger partial charge in [0.05, 0.1) is 0 Å². The lowest BCUT2D eigenvalue weighted by Gasteiger charge is -2.09. The molecule has 2 aromatic rings. The second kappa shape index (κ2) is 5.15. The molecule has 3 nitrogen and oxygen atoms in total. The van der Waals surface area contributed by atoms with Crippen molar-refractivity contribution in [1.29, 1.82) is 0 Å². The van der Waals surface area contributed by atoms with Gasteiger partial charge < -0.3 is 4.74 Å². The van der Waals surface area contributed by atoms with Gasteiger partial charge in [0.1, 0.15) is 18.1 Å². The van der Waals surface area contributed by atoms with Crippen LogP contribution in [-0.4, -0.2) is 10.2 Å². The molecule has 1 heterocycles. The van der Waals surface area contributed by atoms with Gasteiger partial charge in [-0.3, -0.25) is 0 Å². The van der Waals surface area contributed by atoms with Crippen LogP contribution in [0.25, 0.3) is 0 Å². The van der Waals surface area contributed by atoms with Crippen molar-refractivity contribution in [3.63, 3.8) is 0 Å². The van der Waals surface area contributed by atoms with E-state index in [0.717, 1.165) is 17.0 Å². The average Bonchev–Trinajstić information content (AvgIpc) is 2.32. The molecule has 0 N–H and O–H groups in total. The zero-order valence-corrected chi connectivity index (χ0v) is 10.5.